The molecule has 0 aromatic carbocycles. The minimum atomic E-state index is -2.89. The second-order valence-corrected chi connectivity index (χ2v) is 6.07. The number of thiocarbonyl (C=S) groups is 1. The van der Waals surface area contributed by atoms with E-state index in [-0.39, 0.29) is 0 Å². The van der Waals surface area contributed by atoms with Gasteiger partial charge in [0, 0.05) is 5.75 Å². The molecule has 6 heteroatoms. The Morgan fingerprint density at radius 3 is 2.73 bits per heavy atom. The summed E-state index contributed by atoms with van der Waals surface area (Å²) >= 11 is 5.51. The summed E-state index contributed by atoms with van der Waals surface area (Å²) in [4.78, 5) is 0. The Bertz CT molecular complexity index is 193. The molecule has 0 spiro atoms. The Balaban J connectivity index is 4.25. The molecular formula is C5H10NO2PS2. The lowest BCUT2D eigenvalue weighted by molar-refractivity contribution is 0.347. The number of isothiocyanates is 1. The van der Waals surface area contributed by atoms with Crippen LogP contribution in [0.3, 0.4) is 0 Å². The Kier molecular flexibility index (Phi) is 6.11. The van der Waals surface area contributed by atoms with Crippen LogP contribution in [0.4, 0.5) is 0 Å². The van der Waals surface area contributed by atoms with Gasteiger partial charge in [-0.05, 0) is 30.5 Å². The first-order valence-corrected chi connectivity index (χ1v) is 6.74. The van der Waals surface area contributed by atoms with Gasteiger partial charge in [-0.25, -0.2) is 0 Å². The van der Waals surface area contributed by atoms with Gasteiger partial charge in [0.2, 0.25) is 0 Å². The molecule has 3 nitrogen and oxygen atoms in total. The van der Waals surface area contributed by atoms with Gasteiger partial charge in [-0.3, -0.25) is 4.57 Å². The second kappa shape index (κ2) is 5.92. The van der Waals surface area contributed by atoms with Crippen LogP contribution in [0.15, 0.2) is 4.76 Å². The number of hydrogen-bond donors (Lipinski definition) is 0. The molecule has 64 valence electrons. The normalized spacial score (nSPS) is 15.1. The van der Waals surface area contributed by atoms with Crippen LogP contribution in [0, 0.1) is 0 Å². The molecule has 1 unspecified atom stereocenters. The van der Waals surface area contributed by atoms with Crippen molar-refractivity contribution in [2.24, 2.45) is 4.76 Å². The molecular weight excluding hydrogens is 201 g/mol. The summed E-state index contributed by atoms with van der Waals surface area (Å²) in [6, 6.07) is 0. The third-order valence-electron chi connectivity index (χ3n) is 0.748. The molecule has 0 N–H and O–H groups in total. The maximum absolute atomic E-state index is 11.5. The molecule has 0 fully saturated rings. The fourth-order valence-corrected chi connectivity index (χ4v) is 3.71. The van der Waals surface area contributed by atoms with Gasteiger partial charge >= 0.3 is 6.72 Å². The molecule has 0 aliphatic carbocycles. The van der Waals surface area contributed by atoms with Gasteiger partial charge in [0.05, 0.1) is 11.8 Å². The molecule has 0 heterocycles. The van der Waals surface area contributed by atoms with E-state index < -0.39 is 6.72 Å². The summed E-state index contributed by atoms with van der Waals surface area (Å²) in [5.74, 6) is 0.692. The average molecular weight is 211 g/mol. The molecule has 11 heavy (non-hydrogen) atoms. The second-order valence-electron chi connectivity index (χ2n) is 1.50. The summed E-state index contributed by atoms with van der Waals surface area (Å²) in [5, 5.41) is 2.08. The molecule has 0 bridgehead atoms. The lowest BCUT2D eigenvalue weighted by Gasteiger charge is -2.07. The van der Waals surface area contributed by atoms with Crippen LogP contribution < -0.4 is 0 Å². The van der Waals surface area contributed by atoms with Crippen LogP contribution in [0.1, 0.15) is 13.8 Å². The highest BCUT2D eigenvalue weighted by atomic mass is 32.7. The fourth-order valence-electron chi connectivity index (χ4n) is 0.471. The van der Waals surface area contributed by atoms with Crippen LogP contribution in [-0.4, -0.2) is 17.5 Å². The summed E-state index contributed by atoms with van der Waals surface area (Å²) in [7, 11) is 0. The fraction of sp³-hybridized carbons (Fsp3) is 0.800. The molecule has 0 aliphatic heterocycles. The number of nitrogens with zero attached hydrogens (tertiary/aromatic N) is 1. The van der Waals surface area contributed by atoms with Gasteiger partial charge in [0.1, 0.15) is 0 Å². The van der Waals surface area contributed by atoms with Gasteiger partial charge < -0.3 is 4.52 Å². The summed E-state index contributed by atoms with van der Waals surface area (Å²) in [6.07, 6.45) is 0. The molecule has 0 amide bonds. The first-order valence-electron chi connectivity index (χ1n) is 3.17. The highest BCUT2D eigenvalue weighted by Crippen LogP contribution is 2.60. The summed E-state index contributed by atoms with van der Waals surface area (Å²) in [5.41, 5.74) is 0. The van der Waals surface area contributed by atoms with Crippen LogP contribution in [0.5, 0.6) is 0 Å². The van der Waals surface area contributed by atoms with Crippen LogP contribution >= 0.6 is 30.3 Å². The first kappa shape index (κ1) is 11.3. The average Bonchev–Trinajstić information content (AvgIpc) is 1.88. The van der Waals surface area contributed by atoms with Gasteiger partial charge in [-0.1, -0.05) is 6.92 Å². The van der Waals surface area contributed by atoms with Crippen molar-refractivity contribution < 1.29 is 9.09 Å². The van der Waals surface area contributed by atoms with Crippen molar-refractivity contribution in [2.75, 3.05) is 12.4 Å². The Morgan fingerprint density at radius 1 is 1.73 bits per heavy atom. The van der Waals surface area contributed by atoms with Gasteiger partial charge in [-0.2, -0.15) is 0 Å². The van der Waals surface area contributed by atoms with E-state index in [0.29, 0.717) is 12.4 Å². The predicted octanol–water partition coefficient (Wildman–Crippen LogP) is 2.99. The van der Waals surface area contributed by atoms with Crippen LogP contribution in [0.2, 0.25) is 0 Å². The highest BCUT2D eigenvalue weighted by Gasteiger charge is 2.20. The molecule has 0 aliphatic rings. The number of hydrogen-bond acceptors (Lipinski definition) is 4. The molecule has 0 saturated heterocycles. The highest BCUT2D eigenvalue weighted by molar-refractivity contribution is 8.56. The quantitative estimate of drug-likeness (QED) is 0.398. The predicted molar refractivity (Wildman–Crippen MR) is 52.4 cm³/mol. The zero-order valence-corrected chi connectivity index (χ0v) is 8.97. The van der Waals surface area contributed by atoms with Gasteiger partial charge in [0.15, 0.2) is 0 Å². The van der Waals surface area contributed by atoms with Gasteiger partial charge in [0.25, 0.3) is 0 Å². The maximum atomic E-state index is 11.5. The molecule has 0 aromatic heterocycles. The SMILES string of the molecule is CCOP(=O)(N=C=S)SCC. The van der Waals surface area contributed by atoms with Crippen molar-refractivity contribution >= 4 is 35.5 Å². The maximum Gasteiger partial charge on any atom is 0.380 e. The standard InChI is InChI=1S/C5H10NO2PS2/c1-3-8-9(7,6-5-10)11-4-2/h3-4H2,1-2H3. The minimum absolute atomic E-state index is 0.380. The van der Waals surface area contributed by atoms with E-state index in [1.54, 1.807) is 6.92 Å². The summed E-state index contributed by atoms with van der Waals surface area (Å²) in [6.45, 7) is 1.14. The van der Waals surface area contributed by atoms with Crippen molar-refractivity contribution in [1.29, 1.82) is 0 Å². The zero-order chi connectivity index (χ0) is 8.74. The Labute approximate surface area is 75.9 Å². The molecule has 0 aromatic rings. The molecule has 0 radical (unpaired) electrons. The van der Waals surface area contributed by atoms with E-state index >= 15 is 0 Å². The van der Waals surface area contributed by atoms with Crippen LogP contribution in [-0.2, 0) is 9.09 Å². The Morgan fingerprint density at radius 2 is 2.36 bits per heavy atom. The largest absolute Gasteiger partial charge is 0.380 e. The third-order valence-corrected chi connectivity index (χ3v) is 4.80. The topological polar surface area (TPSA) is 38.7 Å². The summed E-state index contributed by atoms with van der Waals surface area (Å²) < 4.78 is 19.9. The van der Waals surface area contributed by atoms with Crippen molar-refractivity contribution in [3.05, 3.63) is 0 Å². The number of rotatable bonds is 5. The van der Waals surface area contributed by atoms with Crippen molar-refractivity contribution in [3.8, 4) is 0 Å². The van der Waals surface area contributed by atoms with E-state index in [1.165, 1.54) is 11.4 Å². The van der Waals surface area contributed by atoms with E-state index in [4.69, 9.17) is 4.52 Å². The molecule has 0 rings (SSSR count). The molecule has 1 atom stereocenters. The monoisotopic (exact) mass is 211 g/mol. The third kappa shape index (κ3) is 4.72. The first-order chi connectivity index (χ1) is 5.18. The minimum Gasteiger partial charge on any atom is -0.304 e. The molecule has 0 saturated carbocycles. The van der Waals surface area contributed by atoms with Crippen molar-refractivity contribution in [3.63, 3.8) is 0 Å². The van der Waals surface area contributed by atoms with E-state index in [0.717, 1.165) is 0 Å². The van der Waals surface area contributed by atoms with Crippen molar-refractivity contribution in [2.45, 2.75) is 13.8 Å². The Hall–Kier alpha value is 0.340. The lowest BCUT2D eigenvalue weighted by atomic mass is 10.9. The van der Waals surface area contributed by atoms with Crippen LogP contribution in [0.25, 0.3) is 0 Å². The zero-order valence-electron chi connectivity index (χ0n) is 6.44. The van der Waals surface area contributed by atoms with E-state index in [1.807, 2.05) is 6.92 Å². The van der Waals surface area contributed by atoms with E-state index in [2.05, 4.69) is 22.1 Å². The lowest BCUT2D eigenvalue weighted by Crippen LogP contribution is -1.83. The van der Waals surface area contributed by atoms with E-state index in [9.17, 15) is 4.57 Å². The van der Waals surface area contributed by atoms with Gasteiger partial charge in [-0.15, -0.1) is 4.76 Å². The van der Waals surface area contributed by atoms with Crippen molar-refractivity contribution in [1.82, 2.24) is 0 Å². The smallest absolute Gasteiger partial charge is 0.304 e.